The van der Waals surface area contributed by atoms with E-state index in [9.17, 15) is 4.79 Å². The predicted molar refractivity (Wildman–Crippen MR) is 95.3 cm³/mol. The predicted octanol–water partition coefficient (Wildman–Crippen LogP) is 3.79. The Hall–Kier alpha value is -2.50. The van der Waals surface area contributed by atoms with Crippen LogP contribution in [0.3, 0.4) is 0 Å². The fourth-order valence-corrected chi connectivity index (χ4v) is 2.73. The Bertz CT molecular complexity index is 737. The van der Waals surface area contributed by atoms with Crippen molar-refractivity contribution in [2.24, 2.45) is 0 Å². The molecule has 0 bridgehead atoms. The number of benzene rings is 1. The van der Waals surface area contributed by atoms with E-state index in [2.05, 4.69) is 5.16 Å². The number of hydrogen-bond donors (Lipinski definition) is 0. The van der Waals surface area contributed by atoms with Gasteiger partial charge in [0.15, 0.2) is 17.3 Å². The number of nitrogens with zero attached hydrogens (tertiary/aromatic N) is 2. The number of carbonyl (C=O) groups excluding carboxylic acids is 1. The summed E-state index contributed by atoms with van der Waals surface area (Å²) in [5, 5.41) is 3.97. The number of ether oxygens (including phenoxy) is 2. The fraction of sp³-hybridized carbons (Fsp3) is 0.474. The molecule has 6 nitrogen and oxygen atoms in total. The molecule has 0 N–H and O–H groups in total. The van der Waals surface area contributed by atoms with Gasteiger partial charge in [-0.2, -0.15) is 0 Å². The van der Waals surface area contributed by atoms with E-state index in [1.54, 1.807) is 26.0 Å². The van der Waals surface area contributed by atoms with Crippen LogP contribution >= 0.6 is 0 Å². The van der Waals surface area contributed by atoms with Gasteiger partial charge in [-0.25, -0.2) is 0 Å². The Labute approximate surface area is 148 Å². The normalized spacial score (nSPS) is 10.8. The van der Waals surface area contributed by atoms with Gasteiger partial charge in [0, 0.05) is 19.0 Å². The molecule has 6 heteroatoms. The van der Waals surface area contributed by atoms with Crippen molar-refractivity contribution in [2.45, 2.75) is 40.2 Å². The van der Waals surface area contributed by atoms with Crippen LogP contribution in [0.4, 0.5) is 0 Å². The van der Waals surface area contributed by atoms with Crippen molar-refractivity contribution in [3.63, 3.8) is 0 Å². The van der Waals surface area contributed by atoms with Gasteiger partial charge in [-0.15, -0.1) is 0 Å². The van der Waals surface area contributed by atoms with Gasteiger partial charge in [-0.1, -0.05) is 25.1 Å². The first-order chi connectivity index (χ1) is 11.9. The third kappa shape index (κ3) is 3.95. The van der Waals surface area contributed by atoms with Gasteiger partial charge in [0.1, 0.15) is 5.56 Å². The first-order valence-corrected chi connectivity index (χ1v) is 8.39. The van der Waals surface area contributed by atoms with E-state index in [-0.39, 0.29) is 11.8 Å². The van der Waals surface area contributed by atoms with E-state index in [0.717, 1.165) is 5.56 Å². The largest absolute Gasteiger partial charge is 0.493 e. The number of aryl methyl sites for hydroxylation is 1. The van der Waals surface area contributed by atoms with E-state index in [4.69, 9.17) is 14.0 Å². The summed E-state index contributed by atoms with van der Waals surface area (Å²) >= 11 is 0. The molecule has 0 fully saturated rings. The lowest BCUT2D eigenvalue weighted by Crippen LogP contribution is -2.31. The molecular weight excluding hydrogens is 320 g/mol. The highest BCUT2D eigenvalue weighted by Gasteiger charge is 2.26. The second-order valence-corrected chi connectivity index (χ2v) is 6.17. The molecule has 2 aromatic rings. The van der Waals surface area contributed by atoms with Crippen LogP contribution in [0.2, 0.25) is 0 Å². The van der Waals surface area contributed by atoms with Crippen LogP contribution in [0, 0.1) is 6.92 Å². The molecule has 0 saturated heterocycles. The molecule has 1 aromatic heterocycles. The number of carbonyl (C=O) groups is 1. The summed E-state index contributed by atoms with van der Waals surface area (Å²) in [5.74, 6) is 1.97. The molecule has 25 heavy (non-hydrogen) atoms. The quantitative estimate of drug-likeness (QED) is 0.763. The van der Waals surface area contributed by atoms with E-state index in [1.165, 1.54) is 0 Å². The zero-order chi connectivity index (χ0) is 18.6. The first kappa shape index (κ1) is 18.8. The maximum atomic E-state index is 13.0. The third-order valence-corrected chi connectivity index (χ3v) is 4.12. The number of rotatable bonds is 7. The van der Waals surface area contributed by atoms with Crippen LogP contribution in [-0.4, -0.2) is 36.7 Å². The van der Waals surface area contributed by atoms with Crippen LogP contribution in [0.5, 0.6) is 11.5 Å². The van der Waals surface area contributed by atoms with Gasteiger partial charge in [0.05, 0.1) is 19.9 Å². The number of aromatic nitrogens is 1. The Kier molecular flexibility index (Phi) is 6.07. The standard InChI is InChI=1S/C19H26N2O4/c1-7-21(11-14-8-9-15(23-5)16(10-14)24-6)19(22)17-13(4)20-25-18(17)12(2)3/h8-10,12H,7,11H2,1-6H3. The molecule has 0 radical (unpaired) electrons. The van der Waals surface area contributed by atoms with Crippen LogP contribution < -0.4 is 9.47 Å². The average Bonchev–Trinajstić information content (AvgIpc) is 3.00. The van der Waals surface area contributed by atoms with Gasteiger partial charge in [0.2, 0.25) is 0 Å². The summed E-state index contributed by atoms with van der Waals surface area (Å²) in [6, 6.07) is 5.66. The van der Waals surface area contributed by atoms with Crippen molar-refractivity contribution in [3.05, 3.63) is 40.8 Å². The lowest BCUT2D eigenvalue weighted by molar-refractivity contribution is 0.0749. The second kappa shape index (κ2) is 8.05. The van der Waals surface area contributed by atoms with Crippen molar-refractivity contribution in [3.8, 4) is 11.5 Å². The maximum Gasteiger partial charge on any atom is 0.259 e. The molecular formula is C19H26N2O4. The third-order valence-electron chi connectivity index (χ3n) is 4.12. The molecule has 0 aliphatic rings. The summed E-state index contributed by atoms with van der Waals surface area (Å²) in [4.78, 5) is 14.8. The SMILES string of the molecule is CCN(Cc1ccc(OC)c(OC)c1)C(=O)c1c(C)noc1C(C)C. The minimum atomic E-state index is -0.0697. The highest BCUT2D eigenvalue weighted by atomic mass is 16.5. The average molecular weight is 346 g/mol. The highest BCUT2D eigenvalue weighted by Crippen LogP contribution is 2.29. The maximum absolute atomic E-state index is 13.0. The summed E-state index contributed by atoms with van der Waals surface area (Å²) in [6.07, 6.45) is 0. The van der Waals surface area contributed by atoms with Crippen molar-refractivity contribution in [2.75, 3.05) is 20.8 Å². The highest BCUT2D eigenvalue weighted by molar-refractivity contribution is 5.96. The molecule has 136 valence electrons. The lowest BCUT2D eigenvalue weighted by atomic mass is 10.0. The molecule has 1 aromatic carbocycles. The number of methoxy groups -OCH3 is 2. The van der Waals surface area contributed by atoms with Crippen LogP contribution in [0.25, 0.3) is 0 Å². The Morgan fingerprint density at radius 3 is 2.48 bits per heavy atom. The lowest BCUT2D eigenvalue weighted by Gasteiger charge is -2.22. The Balaban J connectivity index is 2.29. The van der Waals surface area contributed by atoms with E-state index < -0.39 is 0 Å². The zero-order valence-corrected chi connectivity index (χ0v) is 15.8. The zero-order valence-electron chi connectivity index (χ0n) is 15.8. The van der Waals surface area contributed by atoms with E-state index in [1.807, 2.05) is 39.0 Å². The van der Waals surface area contributed by atoms with Gasteiger partial charge in [0.25, 0.3) is 5.91 Å². The van der Waals surface area contributed by atoms with Crippen LogP contribution in [-0.2, 0) is 6.54 Å². The molecule has 0 atom stereocenters. The van der Waals surface area contributed by atoms with Gasteiger partial charge in [-0.05, 0) is 31.5 Å². The second-order valence-electron chi connectivity index (χ2n) is 6.17. The molecule has 1 heterocycles. The molecule has 2 rings (SSSR count). The van der Waals surface area contributed by atoms with Crippen molar-refractivity contribution >= 4 is 5.91 Å². The summed E-state index contributed by atoms with van der Waals surface area (Å²) in [6.45, 7) is 8.78. The number of amides is 1. The van der Waals surface area contributed by atoms with Crippen LogP contribution in [0.15, 0.2) is 22.7 Å². The number of hydrogen-bond acceptors (Lipinski definition) is 5. The minimum Gasteiger partial charge on any atom is -0.493 e. The summed E-state index contributed by atoms with van der Waals surface area (Å²) < 4.78 is 16.0. The molecule has 0 spiro atoms. The smallest absolute Gasteiger partial charge is 0.259 e. The molecule has 0 aliphatic carbocycles. The fourth-order valence-electron chi connectivity index (χ4n) is 2.73. The monoisotopic (exact) mass is 346 g/mol. The first-order valence-electron chi connectivity index (χ1n) is 8.39. The molecule has 1 amide bonds. The van der Waals surface area contributed by atoms with Gasteiger partial charge >= 0.3 is 0 Å². The molecule has 0 saturated carbocycles. The van der Waals surface area contributed by atoms with E-state index in [0.29, 0.717) is 41.6 Å². The summed E-state index contributed by atoms with van der Waals surface area (Å²) in [5.41, 5.74) is 2.16. The van der Waals surface area contributed by atoms with Crippen molar-refractivity contribution < 1.29 is 18.8 Å². The van der Waals surface area contributed by atoms with Crippen molar-refractivity contribution in [1.29, 1.82) is 0 Å². The van der Waals surface area contributed by atoms with Gasteiger partial charge < -0.3 is 18.9 Å². The summed E-state index contributed by atoms with van der Waals surface area (Å²) in [7, 11) is 3.20. The minimum absolute atomic E-state index is 0.0697. The van der Waals surface area contributed by atoms with Gasteiger partial charge in [-0.3, -0.25) is 4.79 Å². The topological polar surface area (TPSA) is 64.8 Å². The van der Waals surface area contributed by atoms with Crippen LogP contribution in [0.1, 0.15) is 54.1 Å². The molecule has 0 aliphatic heterocycles. The Morgan fingerprint density at radius 1 is 1.24 bits per heavy atom. The van der Waals surface area contributed by atoms with E-state index >= 15 is 0 Å². The Morgan fingerprint density at radius 2 is 1.92 bits per heavy atom. The molecule has 0 unspecified atom stereocenters. The van der Waals surface area contributed by atoms with Crippen molar-refractivity contribution in [1.82, 2.24) is 10.1 Å².